The van der Waals surface area contributed by atoms with Gasteiger partial charge < -0.3 is 14.9 Å². The molecule has 0 fully saturated rings. The van der Waals surface area contributed by atoms with E-state index in [2.05, 4.69) is 4.74 Å². The molecule has 2 N–H and O–H groups in total. The highest BCUT2D eigenvalue weighted by Crippen LogP contribution is 2.16. The Morgan fingerprint density at radius 3 is 2.42 bits per heavy atom. The van der Waals surface area contributed by atoms with E-state index in [4.69, 9.17) is 10.2 Å². The molecule has 0 aliphatic rings. The van der Waals surface area contributed by atoms with Gasteiger partial charge in [-0.2, -0.15) is 0 Å². The number of aliphatic hydroxyl groups is 2. The first-order chi connectivity index (χ1) is 5.44. The van der Waals surface area contributed by atoms with Crippen molar-refractivity contribution in [2.24, 2.45) is 5.41 Å². The number of carbonyl (C=O) groups is 1. The van der Waals surface area contributed by atoms with Gasteiger partial charge in [0.05, 0.1) is 12.0 Å². The first-order valence-corrected chi connectivity index (χ1v) is 3.94. The molecule has 0 saturated carbocycles. The van der Waals surface area contributed by atoms with Crippen LogP contribution < -0.4 is 0 Å². The summed E-state index contributed by atoms with van der Waals surface area (Å²) in [6, 6.07) is 0. The molecule has 0 amide bonds. The van der Waals surface area contributed by atoms with Crippen LogP contribution in [0.1, 0.15) is 27.2 Å². The lowest BCUT2D eigenvalue weighted by Gasteiger charge is -2.21. The third-order valence-corrected chi connectivity index (χ3v) is 1.54. The van der Waals surface area contributed by atoms with Gasteiger partial charge in [0.2, 0.25) is 0 Å². The van der Waals surface area contributed by atoms with Crippen molar-refractivity contribution in [1.82, 2.24) is 0 Å². The van der Waals surface area contributed by atoms with Crippen molar-refractivity contribution in [2.75, 3.05) is 6.61 Å². The number of aliphatic hydroxyl groups excluding tert-OH is 2. The second-order valence-electron chi connectivity index (χ2n) is 3.31. The Morgan fingerprint density at radius 1 is 1.58 bits per heavy atom. The fourth-order valence-electron chi connectivity index (χ4n) is 0.431. The number of hydrogen-bond donors (Lipinski definition) is 2. The lowest BCUT2D eigenvalue weighted by Crippen LogP contribution is -2.33. The van der Waals surface area contributed by atoms with Crippen LogP contribution in [0.5, 0.6) is 0 Å². The van der Waals surface area contributed by atoms with Crippen LogP contribution in [0.25, 0.3) is 0 Å². The van der Waals surface area contributed by atoms with Gasteiger partial charge in [0, 0.05) is 6.42 Å². The molecule has 0 aromatic rings. The third-order valence-electron chi connectivity index (χ3n) is 1.54. The second kappa shape index (κ2) is 4.42. The van der Waals surface area contributed by atoms with Crippen LogP contribution in [0.2, 0.25) is 0 Å². The average molecular weight is 176 g/mol. The molecule has 1 unspecified atom stereocenters. The second-order valence-corrected chi connectivity index (χ2v) is 3.31. The minimum Gasteiger partial charge on any atom is -0.436 e. The molecule has 0 aliphatic carbocycles. The van der Waals surface area contributed by atoms with Crippen LogP contribution in [0.4, 0.5) is 0 Å². The Morgan fingerprint density at radius 2 is 2.08 bits per heavy atom. The fraction of sp³-hybridized carbons (Fsp3) is 0.875. The molecule has 4 nitrogen and oxygen atoms in total. The van der Waals surface area contributed by atoms with E-state index in [1.807, 2.05) is 0 Å². The number of carbonyl (C=O) groups excluding carboxylic acids is 1. The molecule has 0 saturated heterocycles. The van der Waals surface area contributed by atoms with E-state index in [-0.39, 0.29) is 6.61 Å². The summed E-state index contributed by atoms with van der Waals surface area (Å²) in [5.41, 5.74) is -0.934. The number of hydrogen-bond acceptors (Lipinski definition) is 4. The van der Waals surface area contributed by atoms with Gasteiger partial charge >= 0.3 is 5.97 Å². The first kappa shape index (κ1) is 11.4. The standard InChI is InChI=1S/C8H16O4/c1-4-6(10)12-7(11)8(2,3)5-9/h6,9-10H,4-5H2,1-3H3. The van der Waals surface area contributed by atoms with E-state index >= 15 is 0 Å². The van der Waals surface area contributed by atoms with Crippen molar-refractivity contribution in [3.8, 4) is 0 Å². The Hall–Kier alpha value is -0.610. The molecule has 72 valence electrons. The van der Waals surface area contributed by atoms with Crippen molar-refractivity contribution >= 4 is 5.97 Å². The van der Waals surface area contributed by atoms with Crippen molar-refractivity contribution < 1.29 is 19.7 Å². The summed E-state index contributed by atoms with van der Waals surface area (Å²) in [5.74, 6) is -0.584. The van der Waals surface area contributed by atoms with Gasteiger partial charge in [0.1, 0.15) is 0 Å². The van der Waals surface area contributed by atoms with Crippen LogP contribution in [-0.4, -0.2) is 29.1 Å². The largest absolute Gasteiger partial charge is 0.436 e. The Bertz CT molecular complexity index is 153. The smallest absolute Gasteiger partial charge is 0.316 e. The van der Waals surface area contributed by atoms with Gasteiger partial charge in [-0.05, 0) is 13.8 Å². The summed E-state index contributed by atoms with van der Waals surface area (Å²) in [5, 5.41) is 17.7. The molecule has 4 heteroatoms. The minimum absolute atomic E-state index is 0.289. The highest BCUT2D eigenvalue weighted by atomic mass is 16.6. The summed E-state index contributed by atoms with van der Waals surface area (Å²) in [6.07, 6.45) is -0.712. The van der Waals surface area contributed by atoms with Gasteiger partial charge in [-0.25, -0.2) is 0 Å². The molecule has 0 aliphatic heterocycles. The van der Waals surface area contributed by atoms with E-state index < -0.39 is 17.7 Å². The Balaban J connectivity index is 4.03. The molecule has 0 heterocycles. The molecular weight excluding hydrogens is 160 g/mol. The van der Waals surface area contributed by atoms with Gasteiger partial charge in [-0.3, -0.25) is 4.79 Å². The molecule has 0 radical (unpaired) electrons. The van der Waals surface area contributed by atoms with Crippen molar-refractivity contribution in [3.63, 3.8) is 0 Å². The van der Waals surface area contributed by atoms with Crippen molar-refractivity contribution in [1.29, 1.82) is 0 Å². The first-order valence-electron chi connectivity index (χ1n) is 3.94. The van der Waals surface area contributed by atoms with Crippen LogP contribution in [0, 0.1) is 5.41 Å². The summed E-state index contributed by atoms with van der Waals surface area (Å²) in [6.45, 7) is 4.52. The normalized spacial score (nSPS) is 14.1. The van der Waals surface area contributed by atoms with Crippen LogP contribution >= 0.6 is 0 Å². The molecule has 0 aromatic heterocycles. The van der Waals surface area contributed by atoms with Crippen LogP contribution in [0.15, 0.2) is 0 Å². The lowest BCUT2D eigenvalue weighted by atomic mass is 9.95. The molecule has 0 rings (SSSR count). The zero-order chi connectivity index (χ0) is 9.78. The van der Waals surface area contributed by atoms with E-state index in [1.54, 1.807) is 20.8 Å². The topological polar surface area (TPSA) is 66.8 Å². The highest BCUT2D eigenvalue weighted by Gasteiger charge is 2.29. The zero-order valence-corrected chi connectivity index (χ0v) is 7.70. The monoisotopic (exact) mass is 176 g/mol. The predicted molar refractivity (Wildman–Crippen MR) is 43.3 cm³/mol. The summed E-state index contributed by atoms with van der Waals surface area (Å²) in [4.78, 5) is 11.1. The third kappa shape index (κ3) is 3.19. The summed E-state index contributed by atoms with van der Waals surface area (Å²) in [7, 11) is 0. The SMILES string of the molecule is CCC(O)OC(=O)C(C)(C)CO. The van der Waals surface area contributed by atoms with Gasteiger partial charge in [-0.1, -0.05) is 6.92 Å². The Labute approximate surface area is 72.2 Å². The van der Waals surface area contributed by atoms with Gasteiger partial charge in [-0.15, -0.1) is 0 Å². The Kier molecular flexibility index (Phi) is 4.20. The highest BCUT2D eigenvalue weighted by molar-refractivity contribution is 5.76. The number of esters is 1. The van der Waals surface area contributed by atoms with E-state index in [0.717, 1.165) is 0 Å². The predicted octanol–water partition coefficient (Wildman–Crippen LogP) is 0.277. The van der Waals surface area contributed by atoms with E-state index in [9.17, 15) is 4.79 Å². The summed E-state index contributed by atoms with van der Waals surface area (Å²) < 4.78 is 4.61. The summed E-state index contributed by atoms with van der Waals surface area (Å²) >= 11 is 0. The maximum atomic E-state index is 11.1. The number of rotatable bonds is 4. The van der Waals surface area contributed by atoms with Gasteiger partial charge in [0.15, 0.2) is 6.29 Å². The maximum absolute atomic E-state index is 11.1. The van der Waals surface area contributed by atoms with Crippen molar-refractivity contribution in [3.05, 3.63) is 0 Å². The molecule has 0 bridgehead atoms. The molecular formula is C8H16O4. The van der Waals surface area contributed by atoms with E-state index in [1.165, 1.54) is 0 Å². The molecule has 0 aromatic carbocycles. The fourth-order valence-corrected chi connectivity index (χ4v) is 0.431. The molecule has 0 spiro atoms. The molecule has 12 heavy (non-hydrogen) atoms. The maximum Gasteiger partial charge on any atom is 0.316 e. The van der Waals surface area contributed by atoms with Crippen molar-refractivity contribution in [2.45, 2.75) is 33.5 Å². The minimum atomic E-state index is -1.07. The lowest BCUT2D eigenvalue weighted by molar-refractivity contribution is -0.180. The van der Waals surface area contributed by atoms with E-state index in [0.29, 0.717) is 6.42 Å². The van der Waals surface area contributed by atoms with Gasteiger partial charge in [0.25, 0.3) is 0 Å². The quantitative estimate of drug-likeness (QED) is 0.477. The van der Waals surface area contributed by atoms with Crippen LogP contribution in [-0.2, 0) is 9.53 Å². The van der Waals surface area contributed by atoms with Crippen LogP contribution in [0.3, 0.4) is 0 Å². The zero-order valence-electron chi connectivity index (χ0n) is 7.70. The number of ether oxygens (including phenoxy) is 1. The average Bonchev–Trinajstić information content (AvgIpc) is 2.04. The molecule has 1 atom stereocenters.